The van der Waals surface area contributed by atoms with Gasteiger partial charge in [0.15, 0.2) is 0 Å². The lowest BCUT2D eigenvalue weighted by Crippen LogP contribution is -2.32. The van der Waals surface area contributed by atoms with Crippen LogP contribution in [0.4, 0.5) is 13.2 Å². The number of likely N-dealkylation sites (N-methyl/N-ethyl adjacent to an activating group) is 1. The Bertz CT molecular complexity index is 187. The fourth-order valence-corrected chi connectivity index (χ4v) is 0.598. The van der Waals surface area contributed by atoms with Gasteiger partial charge < -0.3 is 0 Å². The molecule has 0 bridgehead atoms. The lowest BCUT2D eigenvalue weighted by molar-refractivity contribution is -0.325. The Morgan fingerprint density at radius 3 is 2.46 bits per heavy atom. The summed E-state index contributed by atoms with van der Waals surface area (Å²) in [5, 5.41) is 8.41. The number of nitrogens with zero attached hydrogens (tertiary/aromatic N) is 2. The van der Waals surface area contributed by atoms with Crippen molar-refractivity contribution in [2.24, 2.45) is 0 Å². The van der Waals surface area contributed by atoms with Crippen LogP contribution in [0.5, 0.6) is 0 Å². The molecule has 0 N–H and O–H groups in total. The summed E-state index contributed by atoms with van der Waals surface area (Å²) in [5.74, 6) is 0. The Kier molecular flexibility index (Phi) is 4.73. The molecular weight excluding hydrogens is 185 g/mol. The molecule has 0 amide bonds. The van der Waals surface area contributed by atoms with Crippen molar-refractivity contribution in [2.75, 3.05) is 20.2 Å². The number of halogens is 3. The second kappa shape index (κ2) is 5.04. The van der Waals surface area contributed by atoms with Crippen molar-refractivity contribution in [3.8, 4) is 6.07 Å². The Morgan fingerprint density at radius 1 is 1.54 bits per heavy atom. The number of hydrogen-bond donors (Lipinski definition) is 0. The average Bonchev–Trinajstić information content (AvgIpc) is 2.00. The summed E-state index contributed by atoms with van der Waals surface area (Å²) in [7, 11) is 1.56. The zero-order valence-electron chi connectivity index (χ0n) is 7.43. The van der Waals surface area contributed by atoms with Gasteiger partial charge in [-0.15, -0.1) is 13.2 Å². The minimum absolute atomic E-state index is 0.0776. The molecule has 1 unspecified atom stereocenters. The van der Waals surface area contributed by atoms with Crippen LogP contribution in [0.25, 0.3) is 0 Å². The molecule has 0 fully saturated rings. The van der Waals surface area contributed by atoms with Crippen molar-refractivity contribution in [3.05, 3.63) is 0 Å². The van der Waals surface area contributed by atoms with Gasteiger partial charge in [0, 0.05) is 6.54 Å². The first-order valence-corrected chi connectivity index (χ1v) is 3.67. The molecule has 1 atom stereocenters. The fourth-order valence-electron chi connectivity index (χ4n) is 0.598. The lowest BCUT2D eigenvalue weighted by atomic mass is 10.3. The van der Waals surface area contributed by atoms with Gasteiger partial charge in [-0.2, -0.15) is 5.26 Å². The Morgan fingerprint density at radius 2 is 2.08 bits per heavy atom. The first-order valence-electron chi connectivity index (χ1n) is 3.67. The highest BCUT2D eigenvalue weighted by Gasteiger charge is 2.28. The third-order valence-electron chi connectivity index (χ3n) is 1.56. The smallest absolute Gasteiger partial charge is 0.291 e. The minimum atomic E-state index is -4.59. The second-order valence-electron chi connectivity index (χ2n) is 2.58. The maximum Gasteiger partial charge on any atom is 0.522 e. The standard InChI is InChI=1S/C7H11F3N2O/c1-6(5-11)12(2)3-4-13-7(8,9)10/h6H,3-4H2,1-2H3. The molecule has 0 aliphatic carbocycles. The predicted molar refractivity (Wildman–Crippen MR) is 39.7 cm³/mol. The quantitative estimate of drug-likeness (QED) is 0.681. The van der Waals surface area contributed by atoms with E-state index in [0.717, 1.165) is 0 Å². The Hall–Kier alpha value is -0.800. The summed E-state index contributed by atoms with van der Waals surface area (Å²) in [6, 6.07) is 1.50. The van der Waals surface area contributed by atoms with Gasteiger partial charge in [-0.25, -0.2) is 0 Å². The Labute approximate surface area is 74.7 Å². The molecule has 6 heteroatoms. The van der Waals surface area contributed by atoms with Gasteiger partial charge >= 0.3 is 6.36 Å². The topological polar surface area (TPSA) is 36.3 Å². The third kappa shape index (κ3) is 6.37. The van der Waals surface area contributed by atoms with E-state index in [2.05, 4.69) is 4.74 Å². The summed E-state index contributed by atoms with van der Waals surface area (Å²) in [6.45, 7) is 1.23. The summed E-state index contributed by atoms with van der Waals surface area (Å²) < 4.78 is 38.0. The average molecular weight is 196 g/mol. The predicted octanol–water partition coefficient (Wildman–Crippen LogP) is 1.37. The number of hydrogen-bond acceptors (Lipinski definition) is 3. The summed E-state index contributed by atoms with van der Waals surface area (Å²) in [6.07, 6.45) is -4.59. The van der Waals surface area contributed by atoms with Crippen LogP contribution in [0.2, 0.25) is 0 Å². The van der Waals surface area contributed by atoms with Crippen LogP contribution < -0.4 is 0 Å². The highest BCUT2D eigenvalue weighted by atomic mass is 19.4. The van der Waals surface area contributed by atoms with Crippen LogP contribution >= 0.6 is 0 Å². The van der Waals surface area contributed by atoms with Gasteiger partial charge in [0.05, 0.1) is 18.7 Å². The van der Waals surface area contributed by atoms with E-state index in [-0.39, 0.29) is 6.54 Å². The molecule has 76 valence electrons. The van der Waals surface area contributed by atoms with E-state index in [4.69, 9.17) is 5.26 Å². The normalized spacial score (nSPS) is 14.2. The molecule has 0 saturated heterocycles. The molecular formula is C7H11F3N2O. The van der Waals surface area contributed by atoms with Gasteiger partial charge in [0.2, 0.25) is 0 Å². The van der Waals surface area contributed by atoms with Gasteiger partial charge in [0.25, 0.3) is 0 Å². The number of nitriles is 1. The lowest BCUT2D eigenvalue weighted by Gasteiger charge is -2.18. The van der Waals surface area contributed by atoms with Crippen molar-refractivity contribution in [1.82, 2.24) is 4.90 Å². The maximum absolute atomic E-state index is 11.5. The Balaban J connectivity index is 3.61. The number of rotatable bonds is 4. The highest BCUT2D eigenvalue weighted by molar-refractivity contribution is 4.86. The van der Waals surface area contributed by atoms with Crippen LogP contribution in [0.15, 0.2) is 0 Å². The van der Waals surface area contributed by atoms with Crippen LogP contribution in [-0.2, 0) is 4.74 Å². The first kappa shape index (κ1) is 12.2. The highest BCUT2D eigenvalue weighted by Crippen LogP contribution is 2.15. The van der Waals surface area contributed by atoms with Crippen LogP contribution in [-0.4, -0.2) is 37.5 Å². The van der Waals surface area contributed by atoms with Gasteiger partial charge in [-0.3, -0.25) is 9.64 Å². The molecule has 0 heterocycles. The molecule has 0 rings (SSSR count). The van der Waals surface area contributed by atoms with Gasteiger partial charge in [-0.1, -0.05) is 0 Å². The molecule has 0 radical (unpaired) electrons. The maximum atomic E-state index is 11.5. The molecule has 0 aromatic rings. The molecule has 3 nitrogen and oxygen atoms in total. The van der Waals surface area contributed by atoms with Crippen molar-refractivity contribution in [1.29, 1.82) is 5.26 Å². The van der Waals surface area contributed by atoms with Crippen molar-refractivity contribution < 1.29 is 17.9 Å². The van der Waals surface area contributed by atoms with E-state index in [1.54, 1.807) is 14.0 Å². The minimum Gasteiger partial charge on any atom is -0.291 e. The van der Waals surface area contributed by atoms with Crippen LogP contribution in [0.3, 0.4) is 0 Å². The van der Waals surface area contributed by atoms with Crippen molar-refractivity contribution in [3.63, 3.8) is 0 Å². The first-order chi connectivity index (χ1) is 5.87. The second-order valence-corrected chi connectivity index (χ2v) is 2.58. The molecule has 0 aromatic carbocycles. The van der Waals surface area contributed by atoms with Crippen LogP contribution in [0, 0.1) is 11.3 Å². The monoisotopic (exact) mass is 196 g/mol. The summed E-state index contributed by atoms with van der Waals surface area (Å²) in [5.41, 5.74) is 0. The summed E-state index contributed by atoms with van der Waals surface area (Å²) >= 11 is 0. The van der Waals surface area contributed by atoms with E-state index in [9.17, 15) is 13.2 Å². The largest absolute Gasteiger partial charge is 0.522 e. The molecule has 0 aliphatic heterocycles. The molecule has 13 heavy (non-hydrogen) atoms. The van der Waals surface area contributed by atoms with E-state index < -0.39 is 19.0 Å². The number of ether oxygens (including phenoxy) is 1. The SMILES string of the molecule is CC(C#N)N(C)CCOC(F)(F)F. The zero-order valence-corrected chi connectivity index (χ0v) is 7.43. The van der Waals surface area contributed by atoms with Crippen LogP contribution in [0.1, 0.15) is 6.92 Å². The van der Waals surface area contributed by atoms with E-state index in [1.807, 2.05) is 6.07 Å². The van der Waals surface area contributed by atoms with Gasteiger partial charge in [-0.05, 0) is 14.0 Å². The van der Waals surface area contributed by atoms with Crippen molar-refractivity contribution >= 4 is 0 Å². The van der Waals surface area contributed by atoms with E-state index in [0.29, 0.717) is 0 Å². The zero-order chi connectivity index (χ0) is 10.5. The number of alkyl halides is 3. The van der Waals surface area contributed by atoms with E-state index >= 15 is 0 Å². The summed E-state index contributed by atoms with van der Waals surface area (Å²) in [4.78, 5) is 1.48. The van der Waals surface area contributed by atoms with Gasteiger partial charge in [0.1, 0.15) is 0 Å². The molecule has 0 aliphatic rings. The van der Waals surface area contributed by atoms with Crippen molar-refractivity contribution in [2.45, 2.75) is 19.3 Å². The third-order valence-corrected chi connectivity index (χ3v) is 1.56. The molecule has 0 aromatic heterocycles. The molecule has 0 spiro atoms. The van der Waals surface area contributed by atoms with E-state index in [1.165, 1.54) is 4.90 Å². The fraction of sp³-hybridized carbons (Fsp3) is 0.857. The molecule has 0 saturated carbocycles.